The molecule has 84 valence electrons. The van der Waals surface area contributed by atoms with Gasteiger partial charge in [0.05, 0.1) is 11.0 Å². The maximum atomic E-state index is 10.4. The van der Waals surface area contributed by atoms with E-state index in [0.29, 0.717) is 17.1 Å². The Kier molecular flexibility index (Phi) is 4.52. The zero-order valence-electron chi connectivity index (χ0n) is 7.74. The van der Waals surface area contributed by atoms with Crippen LogP contribution in [0.15, 0.2) is 12.1 Å². The van der Waals surface area contributed by atoms with Crippen molar-refractivity contribution in [3.63, 3.8) is 0 Å². The van der Waals surface area contributed by atoms with Gasteiger partial charge in [0.15, 0.2) is 0 Å². The fourth-order valence-electron chi connectivity index (χ4n) is 1.08. The van der Waals surface area contributed by atoms with Crippen LogP contribution in [-0.2, 0) is 0 Å². The van der Waals surface area contributed by atoms with Crippen molar-refractivity contribution in [3.05, 3.63) is 27.1 Å². The van der Waals surface area contributed by atoms with Crippen molar-refractivity contribution >= 4 is 29.0 Å². The van der Waals surface area contributed by atoms with Crippen molar-refractivity contribution in [1.82, 2.24) is 0 Å². The Balaban J connectivity index is 2.73. The molecule has 2 atom stereocenters. The number of hydrogen-bond donors (Lipinski definition) is 3. The van der Waals surface area contributed by atoms with E-state index < -0.39 is 17.1 Å². The zero-order valence-corrected chi connectivity index (χ0v) is 9.45. The van der Waals surface area contributed by atoms with Crippen LogP contribution in [0.1, 0.15) is 17.4 Å². The van der Waals surface area contributed by atoms with E-state index in [-0.39, 0.29) is 5.00 Å². The molecule has 0 bridgehead atoms. The lowest BCUT2D eigenvalue weighted by Crippen LogP contribution is -2.17. The summed E-state index contributed by atoms with van der Waals surface area (Å²) in [5.74, 6) is 0.450. The largest absolute Gasteiger partial charge is 0.390 e. The van der Waals surface area contributed by atoms with Crippen LogP contribution in [0.2, 0.25) is 0 Å². The van der Waals surface area contributed by atoms with E-state index in [1.54, 1.807) is 0 Å². The summed E-state index contributed by atoms with van der Waals surface area (Å²) in [5, 5.41) is 29.4. The quantitative estimate of drug-likeness (QED) is 0.418. The van der Waals surface area contributed by atoms with E-state index in [2.05, 4.69) is 12.6 Å². The van der Waals surface area contributed by atoms with Gasteiger partial charge in [-0.3, -0.25) is 10.1 Å². The standard InChI is InChI=1S/C8H11NO4S2/c10-5(3-4-14)8(11)6-1-2-7(15-6)9(12)13/h1-2,5,8,10-11,14H,3-4H2. The molecule has 0 aliphatic heterocycles. The van der Waals surface area contributed by atoms with Gasteiger partial charge in [-0.15, -0.1) is 0 Å². The van der Waals surface area contributed by atoms with Gasteiger partial charge < -0.3 is 10.2 Å². The van der Waals surface area contributed by atoms with Crippen molar-refractivity contribution in [3.8, 4) is 0 Å². The van der Waals surface area contributed by atoms with E-state index >= 15 is 0 Å². The van der Waals surface area contributed by atoms with E-state index in [1.165, 1.54) is 12.1 Å². The molecule has 0 amide bonds. The lowest BCUT2D eigenvalue weighted by molar-refractivity contribution is -0.380. The summed E-state index contributed by atoms with van der Waals surface area (Å²) in [5.41, 5.74) is 0. The van der Waals surface area contributed by atoms with Crippen LogP contribution in [0.5, 0.6) is 0 Å². The molecule has 15 heavy (non-hydrogen) atoms. The molecule has 0 aliphatic carbocycles. The third-order valence-electron chi connectivity index (χ3n) is 1.87. The van der Waals surface area contributed by atoms with E-state index in [4.69, 9.17) is 0 Å². The molecule has 0 fully saturated rings. The SMILES string of the molecule is O=[N+]([O-])c1ccc(C(O)C(O)CCS)s1. The smallest absolute Gasteiger partial charge is 0.324 e. The van der Waals surface area contributed by atoms with Crippen molar-refractivity contribution in [2.45, 2.75) is 18.6 Å². The molecule has 0 spiro atoms. The van der Waals surface area contributed by atoms with E-state index in [9.17, 15) is 20.3 Å². The highest BCUT2D eigenvalue weighted by molar-refractivity contribution is 7.80. The summed E-state index contributed by atoms with van der Waals surface area (Å²) >= 11 is 4.80. The number of hydrogen-bond acceptors (Lipinski definition) is 6. The van der Waals surface area contributed by atoms with E-state index in [0.717, 1.165) is 11.3 Å². The Labute approximate surface area is 95.9 Å². The van der Waals surface area contributed by atoms with E-state index in [1.807, 2.05) is 0 Å². The highest BCUT2D eigenvalue weighted by atomic mass is 32.1. The molecule has 1 aromatic rings. The van der Waals surface area contributed by atoms with Gasteiger partial charge in [0.25, 0.3) is 0 Å². The Morgan fingerprint density at radius 1 is 1.53 bits per heavy atom. The molecule has 5 nitrogen and oxygen atoms in total. The van der Waals surface area contributed by atoms with Crippen molar-refractivity contribution in [2.24, 2.45) is 0 Å². The van der Waals surface area contributed by atoms with Crippen LogP contribution >= 0.6 is 24.0 Å². The molecule has 2 N–H and O–H groups in total. The lowest BCUT2D eigenvalue weighted by atomic mass is 10.1. The van der Waals surface area contributed by atoms with Gasteiger partial charge in [0.1, 0.15) is 6.10 Å². The Hall–Kier alpha value is -0.630. The van der Waals surface area contributed by atoms with Gasteiger partial charge in [-0.05, 0) is 18.2 Å². The third-order valence-corrected chi connectivity index (χ3v) is 3.24. The summed E-state index contributed by atoms with van der Waals surface area (Å²) in [7, 11) is 0. The number of aliphatic hydroxyl groups excluding tert-OH is 2. The molecular formula is C8H11NO4S2. The van der Waals surface area contributed by atoms with Crippen molar-refractivity contribution < 1.29 is 15.1 Å². The normalized spacial score (nSPS) is 14.9. The van der Waals surface area contributed by atoms with Gasteiger partial charge in [-0.25, -0.2) is 0 Å². The number of thiophene rings is 1. The minimum atomic E-state index is -1.07. The first-order valence-corrected chi connectivity index (χ1v) is 5.72. The Bertz CT molecular complexity index is 341. The van der Waals surface area contributed by atoms with Gasteiger partial charge >= 0.3 is 5.00 Å². The fraction of sp³-hybridized carbons (Fsp3) is 0.500. The summed E-state index contributed by atoms with van der Waals surface area (Å²) < 4.78 is 0. The Morgan fingerprint density at radius 3 is 2.67 bits per heavy atom. The highest BCUT2D eigenvalue weighted by Gasteiger charge is 2.21. The maximum absolute atomic E-state index is 10.4. The molecule has 0 aliphatic rings. The maximum Gasteiger partial charge on any atom is 0.324 e. The summed E-state index contributed by atoms with van der Waals surface area (Å²) in [6.45, 7) is 0. The zero-order chi connectivity index (χ0) is 11.4. The van der Waals surface area contributed by atoms with Crippen LogP contribution in [0.25, 0.3) is 0 Å². The first kappa shape index (κ1) is 12.4. The lowest BCUT2D eigenvalue weighted by Gasteiger charge is -2.14. The van der Waals surface area contributed by atoms with Gasteiger partial charge in [-0.1, -0.05) is 11.3 Å². The number of nitrogens with zero attached hydrogens (tertiary/aromatic N) is 1. The second-order valence-corrected chi connectivity index (χ2v) is 4.50. The summed E-state index contributed by atoms with van der Waals surface area (Å²) in [6, 6.07) is 2.77. The molecule has 2 unspecified atom stereocenters. The molecule has 0 radical (unpaired) electrons. The minimum Gasteiger partial charge on any atom is -0.390 e. The molecule has 1 heterocycles. The highest BCUT2D eigenvalue weighted by Crippen LogP contribution is 2.31. The van der Waals surface area contributed by atoms with Gasteiger partial charge in [-0.2, -0.15) is 12.6 Å². The first-order chi connectivity index (χ1) is 7.06. The molecule has 0 saturated carbocycles. The van der Waals surface area contributed by atoms with Crippen LogP contribution < -0.4 is 0 Å². The van der Waals surface area contributed by atoms with Gasteiger partial charge in [0, 0.05) is 10.9 Å². The monoisotopic (exact) mass is 249 g/mol. The number of thiol groups is 1. The van der Waals surface area contributed by atoms with Crippen molar-refractivity contribution in [2.75, 3.05) is 5.75 Å². The fourth-order valence-corrected chi connectivity index (χ4v) is 2.21. The third kappa shape index (κ3) is 3.16. The number of rotatable bonds is 5. The predicted molar refractivity (Wildman–Crippen MR) is 60.4 cm³/mol. The molecule has 1 rings (SSSR count). The second-order valence-electron chi connectivity index (χ2n) is 2.96. The molecular weight excluding hydrogens is 238 g/mol. The van der Waals surface area contributed by atoms with Crippen LogP contribution in [0, 0.1) is 10.1 Å². The topological polar surface area (TPSA) is 83.6 Å². The second kappa shape index (κ2) is 5.45. The number of nitro groups is 1. The molecule has 1 aromatic heterocycles. The van der Waals surface area contributed by atoms with Gasteiger partial charge in [0.2, 0.25) is 0 Å². The molecule has 0 aromatic carbocycles. The van der Waals surface area contributed by atoms with Crippen LogP contribution in [0.3, 0.4) is 0 Å². The Morgan fingerprint density at radius 2 is 2.20 bits per heavy atom. The average molecular weight is 249 g/mol. The molecule has 7 heteroatoms. The summed E-state index contributed by atoms with van der Waals surface area (Å²) in [6.07, 6.45) is -1.66. The first-order valence-electron chi connectivity index (χ1n) is 4.27. The minimum absolute atomic E-state index is 0.0397. The number of aliphatic hydroxyl groups is 2. The van der Waals surface area contributed by atoms with Crippen molar-refractivity contribution in [1.29, 1.82) is 0 Å². The predicted octanol–water partition coefficient (Wildman–Crippen LogP) is 1.37. The average Bonchev–Trinajstić information content (AvgIpc) is 2.65. The van der Waals surface area contributed by atoms with Crippen LogP contribution in [0.4, 0.5) is 5.00 Å². The summed E-state index contributed by atoms with van der Waals surface area (Å²) in [4.78, 5) is 10.3. The molecule has 0 saturated heterocycles. The van der Waals surface area contributed by atoms with Crippen LogP contribution in [-0.4, -0.2) is 27.0 Å².